The first-order valence-corrected chi connectivity index (χ1v) is 7.71. The van der Waals surface area contributed by atoms with Gasteiger partial charge in [-0.2, -0.15) is 4.98 Å². The Morgan fingerprint density at radius 1 is 1.35 bits per heavy atom. The first kappa shape index (κ1) is 15.5. The molecule has 2 N–H and O–H groups in total. The predicted molar refractivity (Wildman–Crippen MR) is 82.6 cm³/mol. The molecule has 23 heavy (non-hydrogen) atoms. The summed E-state index contributed by atoms with van der Waals surface area (Å²) in [7, 11) is 0. The number of hydrogen-bond donors (Lipinski definition) is 2. The lowest BCUT2D eigenvalue weighted by Gasteiger charge is -2.30. The third-order valence-electron chi connectivity index (χ3n) is 3.76. The molecule has 7 heteroatoms. The standard InChI is InChI=1S/C16H20N4O3/c1-11-18-15(23-20-11)10-17-16(21)19-13-7-8-22-14(9-13)12-5-3-2-4-6-12/h2-6,13-14H,7-10H2,1H3,(H2,17,19,21)/t13-,14-/m1/s1. The average molecular weight is 316 g/mol. The van der Waals surface area contributed by atoms with Crippen molar-refractivity contribution in [2.75, 3.05) is 6.61 Å². The van der Waals surface area contributed by atoms with E-state index >= 15 is 0 Å². The van der Waals surface area contributed by atoms with Gasteiger partial charge in [-0.1, -0.05) is 35.5 Å². The van der Waals surface area contributed by atoms with E-state index in [0.717, 1.165) is 18.4 Å². The lowest BCUT2D eigenvalue weighted by Crippen LogP contribution is -2.44. The van der Waals surface area contributed by atoms with Gasteiger partial charge in [0.1, 0.15) is 0 Å². The number of nitrogens with one attached hydrogen (secondary N) is 2. The fourth-order valence-electron chi connectivity index (χ4n) is 2.63. The molecule has 1 saturated heterocycles. The number of urea groups is 1. The Labute approximate surface area is 134 Å². The van der Waals surface area contributed by atoms with Crippen LogP contribution in [0, 0.1) is 6.92 Å². The van der Waals surface area contributed by atoms with E-state index in [1.807, 2.05) is 30.3 Å². The van der Waals surface area contributed by atoms with Gasteiger partial charge in [-0.05, 0) is 25.3 Å². The number of ether oxygens (including phenoxy) is 1. The first-order chi connectivity index (χ1) is 11.2. The molecule has 1 aromatic carbocycles. The second-order valence-corrected chi connectivity index (χ2v) is 5.55. The highest BCUT2D eigenvalue weighted by atomic mass is 16.5. The summed E-state index contributed by atoms with van der Waals surface area (Å²) >= 11 is 0. The Morgan fingerprint density at radius 2 is 2.17 bits per heavy atom. The summed E-state index contributed by atoms with van der Waals surface area (Å²) in [6.45, 7) is 2.59. The van der Waals surface area contributed by atoms with Crippen LogP contribution in [0.5, 0.6) is 0 Å². The molecule has 1 aromatic heterocycles. The van der Waals surface area contributed by atoms with Gasteiger partial charge < -0.3 is 19.9 Å². The molecule has 0 bridgehead atoms. The van der Waals surface area contributed by atoms with Gasteiger partial charge in [0.25, 0.3) is 0 Å². The van der Waals surface area contributed by atoms with Crippen molar-refractivity contribution in [3.63, 3.8) is 0 Å². The highest BCUT2D eigenvalue weighted by molar-refractivity contribution is 5.74. The molecule has 1 fully saturated rings. The molecule has 0 unspecified atom stereocenters. The number of hydrogen-bond acceptors (Lipinski definition) is 5. The monoisotopic (exact) mass is 316 g/mol. The van der Waals surface area contributed by atoms with Gasteiger partial charge >= 0.3 is 6.03 Å². The van der Waals surface area contributed by atoms with Gasteiger partial charge in [-0.3, -0.25) is 0 Å². The van der Waals surface area contributed by atoms with Crippen molar-refractivity contribution in [2.45, 2.75) is 38.5 Å². The van der Waals surface area contributed by atoms with Crippen LogP contribution in [0.25, 0.3) is 0 Å². The fraction of sp³-hybridized carbons (Fsp3) is 0.438. The Morgan fingerprint density at radius 3 is 2.91 bits per heavy atom. The summed E-state index contributed by atoms with van der Waals surface area (Å²) in [5.74, 6) is 0.948. The van der Waals surface area contributed by atoms with E-state index in [1.54, 1.807) is 6.92 Å². The van der Waals surface area contributed by atoms with Crippen LogP contribution >= 0.6 is 0 Å². The van der Waals surface area contributed by atoms with Gasteiger partial charge in [0.05, 0.1) is 12.6 Å². The summed E-state index contributed by atoms with van der Waals surface area (Å²) in [5.41, 5.74) is 1.14. The quantitative estimate of drug-likeness (QED) is 0.901. The number of carbonyl (C=O) groups is 1. The fourth-order valence-corrected chi connectivity index (χ4v) is 2.63. The molecule has 2 heterocycles. The van der Waals surface area contributed by atoms with Crippen LogP contribution in [0.2, 0.25) is 0 Å². The lowest BCUT2D eigenvalue weighted by atomic mass is 9.97. The van der Waals surface area contributed by atoms with E-state index in [4.69, 9.17) is 9.26 Å². The number of benzene rings is 1. The van der Waals surface area contributed by atoms with Crippen LogP contribution in [-0.2, 0) is 11.3 Å². The van der Waals surface area contributed by atoms with Crippen molar-refractivity contribution in [3.05, 3.63) is 47.6 Å². The number of nitrogens with zero attached hydrogens (tertiary/aromatic N) is 2. The third-order valence-corrected chi connectivity index (χ3v) is 3.76. The number of aryl methyl sites for hydroxylation is 1. The number of aromatic nitrogens is 2. The van der Waals surface area contributed by atoms with E-state index in [-0.39, 0.29) is 24.7 Å². The minimum absolute atomic E-state index is 0.0221. The zero-order chi connectivity index (χ0) is 16.1. The van der Waals surface area contributed by atoms with Crippen LogP contribution in [0.1, 0.15) is 36.2 Å². The molecule has 1 aliphatic heterocycles. The molecule has 1 aliphatic rings. The SMILES string of the molecule is Cc1noc(CNC(=O)N[C@@H]2CCO[C@@H](c3ccccc3)C2)n1. The van der Waals surface area contributed by atoms with Crippen LogP contribution < -0.4 is 10.6 Å². The second-order valence-electron chi connectivity index (χ2n) is 5.55. The number of carbonyl (C=O) groups excluding carboxylic acids is 1. The highest BCUT2D eigenvalue weighted by Gasteiger charge is 2.25. The molecule has 3 rings (SSSR count). The van der Waals surface area contributed by atoms with Crippen LogP contribution in [0.4, 0.5) is 4.79 Å². The summed E-state index contributed by atoms with van der Waals surface area (Å²) in [6.07, 6.45) is 1.59. The van der Waals surface area contributed by atoms with Crippen molar-refractivity contribution in [2.24, 2.45) is 0 Å². The summed E-state index contributed by atoms with van der Waals surface area (Å²) in [6, 6.07) is 9.91. The van der Waals surface area contributed by atoms with Gasteiger partial charge in [0.2, 0.25) is 5.89 Å². The normalized spacial score (nSPS) is 20.9. The summed E-state index contributed by atoms with van der Waals surface area (Å²) in [5, 5.41) is 9.38. The number of amides is 2. The summed E-state index contributed by atoms with van der Waals surface area (Å²) in [4.78, 5) is 16.0. The van der Waals surface area contributed by atoms with Crippen molar-refractivity contribution in [3.8, 4) is 0 Å². The van der Waals surface area contributed by atoms with Crippen LogP contribution in [-0.4, -0.2) is 28.8 Å². The smallest absolute Gasteiger partial charge is 0.315 e. The van der Waals surface area contributed by atoms with Crippen LogP contribution in [0.3, 0.4) is 0 Å². The Kier molecular flexibility index (Phi) is 4.87. The molecule has 2 atom stereocenters. The topological polar surface area (TPSA) is 89.3 Å². The number of rotatable bonds is 4. The molecule has 2 aromatic rings. The molecule has 0 radical (unpaired) electrons. The van der Waals surface area contributed by atoms with Crippen molar-refractivity contribution >= 4 is 6.03 Å². The Balaban J connectivity index is 1.48. The van der Waals surface area contributed by atoms with E-state index < -0.39 is 0 Å². The predicted octanol–water partition coefficient (Wildman–Crippen LogP) is 2.10. The molecule has 0 spiro atoms. The third kappa shape index (κ3) is 4.29. The van der Waals surface area contributed by atoms with Gasteiger partial charge in [0.15, 0.2) is 5.82 Å². The van der Waals surface area contributed by atoms with E-state index in [9.17, 15) is 4.79 Å². The van der Waals surface area contributed by atoms with Crippen LogP contribution in [0.15, 0.2) is 34.9 Å². The maximum Gasteiger partial charge on any atom is 0.315 e. The second kappa shape index (κ2) is 7.23. The maximum atomic E-state index is 12.0. The van der Waals surface area contributed by atoms with Gasteiger partial charge in [0, 0.05) is 12.6 Å². The Bertz CT molecular complexity index is 644. The first-order valence-electron chi connectivity index (χ1n) is 7.71. The molecule has 2 amide bonds. The lowest BCUT2D eigenvalue weighted by molar-refractivity contribution is 0.00224. The molecule has 7 nitrogen and oxygen atoms in total. The molecular formula is C16H20N4O3. The Hall–Kier alpha value is -2.41. The van der Waals surface area contributed by atoms with Crippen molar-refractivity contribution in [1.82, 2.24) is 20.8 Å². The summed E-state index contributed by atoms with van der Waals surface area (Å²) < 4.78 is 10.8. The molecule has 0 saturated carbocycles. The maximum absolute atomic E-state index is 12.0. The molecular weight excluding hydrogens is 296 g/mol. The molecule has 0 aliphatic carbocycles. The van der Waals surface area contributed by atoms with E-state index in [0.29, 0.717) is 18.3 Å². The minimum Gasteiger partial charge on any atom is -0.373 e. The van der Waals surface area contributed by atoms with Gasteiger partial charge in [-0.15, -0.1) is 0 Å². The van der Waals surface area contributed by atoms with E-state index in [1.165, 1.54) is 0 Å². The zero-order valence-electron chi connectivity index (χ0n) is 13.0. The van der Waals surface area contributed by atoms with Crippen molar-refractivity contribution < 1.29 is 14.1 Å². The zero-order valence-corrected chi connectivity index (χ0v) is 13.0. The van der Waals surface area contributed by atoms with Crippen molar-refractivity contribution in [1.29, 1.82) is 0 Å². The highest BCUT2D eigenvalue weighted by Crippen LogP contribution is 2.27. The van der Waals surface area contributed by atoms with E-state index in [2.05, 4.69) is 20.8 Å². The van der Waals surface area contributed by atoms with Gasteiger partial charge in [-0.25, -0.2) is 4.79 Å². The average Bonchev–Trinajstić information content (AvgIpc) is 3.00. The molecule has 122 valence electrons. The minimum atomic E-state index is -0.237. The largest absolute Gasteiger partial charge is 0.373 e.